The third-order valence-electron chi connectivity index (χ3n) is 3.80. The van der Waals surface area contributed by atoms with Crippen molar-refractivity contribution in [2.24, 2.45) is 0 Å². The van der Waals surface area contributed by atoms with Gasteiger partial charge in [-0.05, 0) is 18.2 Å². The van der Waals surface area contributed by atoms with Crippen molar-refractivity contribution >= 4 is 17.2 Å². The lowest BCUT2D eigenvalue weighted by Gasteiger charge is -2.17. The summed E-state index contributed by atoms with van der Waals surface area (Å²) in [6.45, 7) is 0.0336. The zero-order chi connectivity index (χ0) is 18.7. The molecule has 1 heterocycles. The summed E-state index contributed by atoms with van der Waals surface area (Å²) >= 11 is 1.32. The smallest absolute Gasteiger partial charge is 0.228 e. The van der Waals surface area contributed by atoms with Crippen LogP contribution in [0.2, 0.25) is 0 Å². The number of thiazole rings is 1. The molecule has 0 aliphatic carbocycles. The Labute approximate surface area is 152 Å². The van der Waals surface area contributed by atoms with Gasteiger partial charge in [0.15, 0.2) is 0 Å². The molecule has 7 heteroatoms. The van der Waals surface area contributed by atoms with Crippen LogP contribution in [-0.2, 0) is 17.8 Å². The lowest BCUT2D eigenvalue weighted by atomic mass is 10.2. The van der Waals surface area contributed by atoms with Gasteiger partial charge in [-0.3, -0.25) is 4.79 Å². The molecular formula is C19H15F3N2OS. The van der Waals surface area contributed by atoms with Gasteiger partial charge in [-0.1, -0.05) is 18.2 Å². The van der Waals surface area contributed by atoms with E-state index in [1.54, 1.807) is 24.6 Å². The predicted octanol–water partition coefficient (Wildman–Crippen LogP) is 4.43. The summed E-state index contributed by atoms with van der Waals surface area (Å²) < 4.78 is 40.0. The van der Waals surface area contributed by atoms with Crippen molar-refractivity contribution < 1.29 is 18.0 Å². The van der Waals surface area contributed by atoms with E-state index >= 15 is 0 Å². The Morgan fingerprint density at radius 1 is 1.12 bits per heavy atom. The highest BCUT2D eigenvalue weighted by atomic mass is 32.1. The van der Waals surface area contributed by atoms with E-state index in [-0.39, 0.29) is 30.3 Å². The number of carbonyl (C=O) groups is 1. The zero-order valence-corrected chi connectivity index (χ0v) is 14.7. The molecular weight excluding hydrogens is 361 g/mol. The van der Waals surface area contributed by atoms with Crippen LogP contribution in [0.3, 0.4) is 0 Å². The largest absolute Gasteiger partial charge is 0.341 e. The maximum absolute atomic E-state index is 13.7. The lowest BCUT2D eigenvalue weighted by Crippen LogP contribution is -2.28. The van der Waals surface area contributed by atoms with Crippen LogP contribution < -0.4 is 0 Å². The quantitative estimate of drug-likeness (QED) is 0.660. The molecule has 0 unspecified atom stereocenters. The van der Waals surface area contributed by atoms with Gasteiger partial charge >= 0.3 is 0 Å². The van der Waals surface area contributed by atoms with Crippen LogP contribution in [0.15, 0.2) is 47.8 Å². The third kappa shape index (κ3) is 4.29. The molecule has 0 spiro atoms. The van der Waals surface area contributed by atoms with Crippen LogP contribution in [0, 0.1) is 17.5 Å². The fourth-order valence-electron chi connectivity index (χ4n) is 2.43. The second-order valence-corrected chi connectivity index (χ2v) is 6.67. The molecule has 134 valence electrons. The first kappa shape index (κ1) is 18.1. The summed E-state index contributed by atoms with van der Waals surface area (Å²) in [6.07, 6.45) is 0.0468. The number of rotatable bonds is 5. The van der Waals surface area contributed by atoms with Gasteiger partial charge in [0, 0.05) is 36.2 Å². The van der Waals surface area contributed by atoms with Crippen molar-refractivity contribution in [3.05, 3.63) is 76.6 Å². The van der Waals surface area contributed by atoms with E-state index in [9.17, 15) is 18.0 Å². The molecule has 3 nitrogen and oxygen atoms in total. The van der Waals surface area contributed by atoms with Crippen molar-refractivity contribution in [2.45, 2.75) is 13.0 Å². The first-order valence-corrected chi connectivity index (χ1v) is 8.68. The van der Waals surface area contributed by atoms with Gasteiger partial charge < -0.3 is 4.90 Å². The summed E-state index contributed by atoms with van der Waals surface area (Å²) in [5.41, 5.74) is 1.45. The predicted molar refractivity (Wildman–Crippen MR) is 94.0 cm³/mol. The van der Waals surface area contributed by atoms with Crippen LogP contribution in [0.1, 0.15) is 11.3 Å². The minimum absolute atomic E-state index is 0.0336. The second-order valence-electron chi connectivity index (χ2n) is 5.82. The molecule has 1 amide bonds. The van der Waals surface area contributed by atoms with E-state index in [2.05, 4.69) is 4.98 Å². The SMILES string of the molecule is CN(Cc1ccc(F)cc1F)C(=O)Cc1csc(-c2cccc(F)c2)n1. The summed E-state index contributed by atoms with van der Waals surface area (Å²) in [5.74, 6) is -1.94. The topological polar surface area (TPSA) is 33.2 Å². The lowest BCUT2D eigenvalue weighted by molar-refractivity contribution is -0.129. The summed E-state index contributed by atoms with van der Waals surface area (Å²) in [4.78, 5) is 18.0. The Balaban J connectivity index is 1.66. The Morgan fingerprint density at radius 2 is 1.88 bits per heavy atom. The van der Waals surface area contributed by atoms with Crippen molar-refractivity contribution in [3.63, 3.8) is 0 Å². The van der Waals surface area contributed by atoms with Crippen LogP contribution in [0.5, 0.6) is 0 Å². The number of halogens is 3. The van der Waals surface area contributed by atoms with Crippen LogP contribution in [0.4, 0.5) is 13.2 Å². The number of carbonyl (C=O) groups excluding carboxylic acids is 1. The van der Waals surface area contributed by atoms with Gasteiger partial charge in [0.1, 0.15) is 22.5 Å². The molecule has 26 heavy (non-hydrogen) atoms. The molecule has 0 fully saturated rings. The Hall–Kier alpha value is -2.67. The van der Waals surface area contributed by atoms with Gasteiger partial charge in [-0.25, -0.2) is 18.2 Å². The molecule has 0 N–H and O–H groups in total. The number of benzene rings is 2. The number of nitrogens with zero attached hydrogens (tertiary/aromatic N) is 2. The van der Waals surface area contributed by atoms with E-state index in [1.807, 2.05) is 0 Å². The van der Waals surface area contributed by atoms with Gasteiger partial charge in [-0.15, -0.1) is 11.3 Å². The molecule has 2 aromatic carbocycles. The molecule has 0 saturated heterocycles. The van der Waals surface area contributed by atoms with E-state index in [0.717, 1.165) is 12.1 Å². The van der Waals surface area contributed by atoms with Crippen molar-refractivity contribution in [1.29, 1.82) is 0 Å². The van der Waals surface area contributed by atoms with E-state index in [4.69, 9.17) is 0 Å². The van der Waals surface area contributed by atoms with Crippen molar-refractivity contribution in [2.75, 3.05) is 7.05 Å². The van der Waals surface area contributed by atoms with Crippen molar-refractivity contribution in [3.8, 4) is 10.6 Å². The highest BCUT2D eigenvalue weighted by Crippen LogP contribution is 2.24. The fraction of sp³-hybridized carbons (Fsp3) is 0.158. The Morgan fingerprint density at radius 3 is 2.62 bits per heavy atom. The molecule has 3 aromatic rings. The molecule has 0 radical (unpaired) electrons. The second kappa shape index (κ2) is 7.70. The molecule has 1 aromatic heterocycles. The van der Waals surface area contributed by atoms with Gasteiger partial charge in [0.25, 0.3) is 0 Å². The van der Waals surface area contributed by atoms with E-state index in [1.165, 1.54) is 34.4 Å². The third-order valence-corrected chi connectivity index (χ3v) is 4.74. The Bertz CT molecular complexity index is 942. The Kier molecular flexibility index (Phi) is 5.37. The average Bonchev–Trinajstić information content (AvgIpc) is 3.06. The molecule has 0 atom stereocenters. The minimum Gasteiger partial charge on any atom is -0.341 e. The van der Waals surface area contributed by atoms with Crippen molar-refractivity contribution in [1.82, 2.24) is 9.88 Å². The summed E-state index contributed by atoms with van der Waals surface area (Å²) in [7, 11) is 1.55. The molecule has 0 bridgehead atoms. The zero-order valence-electron chi connectivity index (χ0n) is 13.9. The molecule has 0 aliphatic rings. The normalized spacial score (nSPS) is 10.8. The number of hydrogen-bond acceptors (Lipinski definition) is 3. The number of hydrogen-bond donors (Lipinski definition) is 0. The van der Waals surface area contributed by atoms with E-state index in [0.29, 0.717) is 16.3 Å². The highest BCUT2D eigenvalue weighted by Gasteiger charge is 2.15. The molecule has 0 aliphatic heterocycles. The van der Waals surface area contributed by atoms with Crippen LogP contribution in [-0.4, -0.2) is 22.8 Å². The number of likely N-dealkylation sites (N-methyl/N-ethyl adjacent to an activating group) is 1. The number of aromatic nitrogens is 1. The average molecular weight is 376 g/mol. The number of amides is 1. The standard InChI is InChI=1S/C19H15F3N2OS/c1-24(10-13-5-6-15(21)8-17(13)22)18(25)9-16-11-26-19(23-16)12-3-2-4-14(20)7-12/h2-8,11H,9-10H2,1H3. The maximum Gasteiger partial charge on any atom is 0.228 e. The first-order valence-electron chi connectivity index (χ1n) is 7.80. The summed E-state index contributed by atoms with van der Waals surface area (Å²) in [5, 5.41) is 2.37. The van der Waals surface area contributed by atoms with Crippen LogP contribution in [0.25, 0.3) is 10.6 Å². The van der Waals surface area contributed by atoms with Gasteiger partial charge in [-0.2, -0.15) is 0 Å². The van der Waals surface area contributed by atoms with Crippen LogP contribution >= 0.6 is 11.3 Å². The minimum atomic E-state index is -0.688. The van der Waals surface area contributed by atoms with Gasteiger partial charge in [0.05, 0.1) is 12.1 Å². The molecule has 3 rings (SSSR count). The van der Waals surface area contributed by atoms with Gasteiger partial charge in [0.2, 0.25) is 5.91 Å². The maximum atomic E-state index is 13.7. The first-order chi connectivity index (χ1) is 12.4. The monoisotopic (exact) mass is 376 g/mol. The highest BCUT2D eigenvalue weighted by molar-refractivity contribution is 7.13. The summed E-state index contributed by atoms with van der Waals surface area (Å²) in [6, 6.07) is 9.35. The molecule has 0 saturated carbocycles. The van der Waals surface area contributed by atoms with E-state index < -0.39 is 11.6 Å². The fourth-order valence-corrected chi connectivity index (χ4v) is 3.24.